The fourth-order valence-electron chi connectivity index (χ4n) is 5.84. The molecule has 1 aliphatic rings. The summed E-state index contributed by atoms with van der Waals surface area (Å²) in [4.78, 5) is 20.9. The van der Waals surface area contributed by atoms with E-state index < -0.39 is 0 Å². The van der Waals surface area contributed by atoms with Gasteiger partial charge in [-0.3, -0.25) is 4.79 Å². The van der Waals surface area contributed by atoms with Crippen molar-refractivity contribution in [1.82, 2.24) is 20.1 Å². The number of benzene rings is 2. The van der Waals surface area contributed by atoms with Crippen LogP contribution in [0.25, 0.3) is 33.6 Å². The Morgan fingerprint density at radius 2 is 1.86 bits per heavy atom. The van der Waals surface area contributed by atoms with E-state index in [2.05, 4.69) is 22.6 Å². The molecule has 1 saturated heterocycles. The maximum absolute atomic E-state index is 13.9. The Morgan fingerprint density at radius 3 is 2.52 bits per heavy atom. The second-order valence-electron chi connectivity index (χ2n) is 10.8. The van der Waals surface area contributed by atoms with Crippen LogP contribution in [0.3, 0.4) is 0 Å². The summed E-state index contributed by atoms with van der Waals surface area (Å²) in [7, 11) is 3.61. The summed E-state index contributed by atoms with van der Waals surface area (Å²) in [6, 6.07) is 13.3. The molecule has 42 heavy (non-hydrogen) atoms. The Labute approximate surface area is 253 Å². The monoisotopic (exact) mass is 602 g/mol. The number of hydrogen-bond acceptors (Lipinski definition) is 6. The van der Waals surface area contributed by atoms with E-state index in [9.17, 15) is 4.79 Å². The smallest absolute Gasteiger partial charge is 0.254 e. The van der Waals surface area contributed by atoms with Gasteiger partial charge in [0.25, 0.3) is 5.91 Å². The molecule has 3 aromatic heterocycles. The molecule has 1 aliphatic heterocycles. The average Bonchev–Trinajstić information content (AvgIpc) is 3.70. The van der Waals surface area contributed by atoms with Gasteiger partial charge in [0, 0.05) is 47.5 Å². The number of carbonyl (C=O) groups is 1. The van der Waals surface area contributed by atoms with Gasteiger partial charge in [0.15, 0.2) is 7.05 Å². The van der Waals surface area contributed by atoms with E-state index in [1.165, 1.54) is 0 Å². The topological polar surface area (TPSA) is 88.1 Å². The predicted octanol–water partition coefficient (Wildman–Crippen LogP) is 6.89. The number of aromatic amines is 1. The molecule has 4 heterocycles. The van der Waals surface area contributed by atoms with Gasteiger partial charge in [-0.15, -0.1) is 16.0 Å². The molecule has 0 bridgehead atoms. The van der Waals surface area contributed by atoms with Crippen LogP contribution in [0.4, 0.5) is 0 Å². The second kappa shape index (κ2) is 11.4. The number of ether oxygens (including phenoxy) is 1. The van der Waals surface area contributed by atoms with E-state index in [-0.39, 0.29) is 11.8 Å². The molecule has 0 unspecified atom stereocenters. The van der Waals surface area contributed by atoms with Crippen LogP contribution in [-0.2, 0) is 7.05 Å². The molecule has 0 atom stereocenters. The Bertz CT molecular complexity index is 1760. The van der Waals surface area contributed by atoms with Gasteiger partial charge in [-0.1, -0.05) is 28.9 Å². The third kappa shape index (κ3) is 5.12. The highest BCUT2D eigenvalue weighted by Gasteiger charge is 2.30. The zero-order valence-electron chi connectivity index (χ0n) is 24.3. The molecule has 0 radical (unpaired) electrons. The number of carbonyl (C=O) groups excluding carboxylic acids is 1. The molecule has 0 aliphatic carbocycles. The van der Waals surface area contributed by atoms with E-state index in [1.807, 2.05) is 72.9 Å². The SMILES string of the molecule is COc1ccc(-c2c(C)[nH][n+](C)c2C)c(C(=O)N2CCC(c3nc(-c4c(-c5ccc(Cl)cc5)noc4C)cs3)CC2)c1. The summed E-state index contributed by atoms with van der Waals surface area (Å²) in [5.41, 5.74) is 8.19. The first-order valence-corrected chi connectivity index (χ1v) is 15.2. The number of aromatic nitrogens is 4. The molecule has 8 nitrogen and oxygen atoms in total. The number of hydrogen-bond donors (Lipinski definition) is 1. The van der Waals surface area contributed by atoms with Crippen molar-refractivity contribution in [1.29, 1.82) is 0 Å². The maximum atomic E-state index is 13.9. The molecule has 2 aromatic carbocycles. The van der Waals surface area contributed by atoms with Crippen molar-refractivity contribution in [3.63, 3.8) is 0 Å². The lowest BCUT2D eigenvalue weighted by atomic mass is 9.94. The van der Waals surface area contributed by atoms with Gasteiger partial charge in [-0.2, -0.15) is 5.10 Å². The maximum Gasteiger partial charge on any atom is 0.254 e. The summed E-state index contributed by atoms with van der Waals surface area (Å²) in [6.45, 7) is 7.33. The Balaban J connectivity index is 1.21. The summed E-state index contributed by atoms with van der Waals surface area (Å²) < 4.78 is 13.1. The number of nitrogens with one attached hydrogen (secondary N) is 1. The number of piperidine rings is 1. The minimum Gasteiger partial charge on any atom is -0.497 e. The van der Waals surface area contributed by atoms with E-state index in [1.54, 1.807) is 18.4 Å². The molecule has 1 N–H and O–H groups in total. The van der Waals surface area contributed by atoms with Gasteiger partial charge in [0.2, 0.25) is 5.69 Å². The first kappa shape index (κ1) is 28.2. The highest BCUT2D eigenvalue weighted by Crippen LogP contribution is 2.39. The summed E-state index contributed by atoms with van der Waals surface area (Å²) in [6.07, 6.45) is 1.70. The fourth-order valence-corrected chi connectivity index (χ4v) is 6.95. The second-order valence-corrected chi connectivity index (χ2v) is 12.1. The molecule has 0 saturated carbocycles. The van der Waals surface area contributed by atoms with E-state index in [4.69, 9.17) is 25.8 Å². The number of rotatable bonds is 6. The van der Waals surface area contributed by atoms with Crippen LogP contribution in [-0.4, -0.2) is 46.2 Å². The molecule has 1 amide bonds. The normalized spacial score (nSPS) is 14.0. The van der Waals surface area contributed by atoms with Crippen LogP contribution in [0.1, 0.15) is 51.3 Å². The van der Waals surface area contributed by atoms with Crippen LogP contribution in [0.2, 0.25) is 5.02 Å². The Morgan fingerprint density at radius 1 is 1.12 bits per heavy atom. The highest BCUT2D eigenvalue weighted by atomic mass is 35.5. The first-order valence-electron chi connectivity index (χ1n) is 14.0. The van der Waals surface area contributed by atoms with Gasteiger partial charge in [0.05, 0.1) is 40.2 Å². The van der Waals surface area contributed by atoms with E-state index in [0.29, 0.717) is 29.4 Å². The number of halogens is 1. The predicted molar refractivity (Wildman–Crippen MR) is 164 cm³/mol. The molecule has 216 valence electrons. The minimum absolute atomic E-state index is 0.0255. The number of methoxy groups -OCH3 is 1. The average molecular weight is 603 g/mol. The lowest BCUT2D eigenvalue weighted by Gasteiger charge is -2.31. The minimum atomic E-state index is 0.0255. The molecule has 6 rings (SSSR count). The number of thiazole rings is 1. The van der Waals surface area contributed by atoms with Crippen LogP contribution in [0.15, 0.2) is 52.4 Å². The third-order valence-corrected chi connectivity index (χ3v) is 9.45. The number of aryl methyl sites for hydroxylation is 3. The zero-order chi connectivity index (χ0) is 29.5. The summed E-state index contributed by atoms with van der Waals surface area (Å²) in [5.74, 6) is 1.71. The van der Waals surface area contributed by atoms with Crippen molar-refractivity contribution in [2.75, 3.05) is 20.2 Å². The van der Waals surface area contributed by atoms with Crippen molar-refractivity contribution in [2.24, 2.45) is 7.05 Å². The van der Waals surface area contributed by atoms with E-state index >= 15 is 0 Å². The van der Waals surface area contributed by atoms with Crippen LogP contribution in [0.5, 0.6) is 5.75 Å². The number of amides is 1. The number of H-pyrrole nitrogens is 1. The molecule has 10 heteroatoms. The standard InChI is InChI=1S/C32H32ClN5O3S/c1-18-28(19(2)37(4)35-18)25-11-10-24(40-5)16-26(25)32(39)38-14-12-22(13-15-38)31-34-27(17-42-31)29-20(3)41-36-30(29)21-6-8-23(33)9-7-21/h6-11,16-17,22H,12-15H2,1-5H3/p+1. The van der Waals surface area contributed by atoms with Gasteiger partial charge >= 0.3 is 0 Å². The Kier molecular flexibility index (Phi) is 7.64. The van der Waals surface area contributed by atoms with Gasteiger partial charge in [-0.25, -0.2) is 4.98 Å². The lowest BCUT2D eigenvalue weighted by Crippen LogP contribution is -2.38. The largest absolute Gasteiger partial charge is 0.497 e. The van der Waals surface area contributed by atoms with Crippen molar-refractivity contribution < 1.29 is 18.7 Å². The highest BCUT2D eigenvalue weighted by molar-refractivity contribution is 7.10. The number of likely N-dealkylation sites (tertiary alicyclic amines) is 1. The molecule has 0 spiro atoms. The first-order chi connectivity index (χ1) is 20.2. The molecular weight excluding hydrogens is 570 g/mol. The van der Waals surface area contributed by atoms with Gasteiger partial charge in [-0.05, 0) is 57.0 Å². The molecule has 1 fully saturated rings. The third-order valence-electron chi connectivity index (χ3n) is 8.19. The van der Waals surface area contributed by atoms with Crippen molar-refractivity contribution >= 4 is 28.8 Å². The van der Waals surface area contributed by atoms with Crippen LogP contribution in [0, 0.1) is 20.8 Å². The number of nitrogens with zero attached hydrogens (tertiary/aromatic N) is 4. The lowest BCUT2D eigenvalue weighted by molar-refractivity contribution is -0.732. The fraction of sp³-hybridized carbons (Fsp3) is 0.312. The van der Waals surface area contributed by atoms with Gasteiger partial charge in [0.1, 0.15) is 17.2 Å². The molecule has 5 aromatic rings. The van der Waals surface area contributed by atoms with Gasteiger partial charge < -0.3 is 14.2 Å². The zero-order valence-corrected chi connectivity index (χ0v) is 25.9. The van der Waals surface area contributed by atoms with Crippen LogP contribution < -0.4 is 9.42 Å². The van der Waals surface area contributed by atoms with Crippen molar-refractivity contribution in [3.8, 4) is 39.4 Å². The van der Waals surface area contributed by atoms with Crippen molar-refractivity contribution in [2.45, 2.75) is 39.5 Å². The summed E-state index contributed by atoms with van der Waals surface area (Å²) in [5, 5.41) is 11.5. The quantitative estimate of drug-likeness (QED) is 0.214. The molecular formula is C32H33ClN5O3S+. The van der Waals surface area contributed by atoms with E-state index in [0.717, 1.165) is 68.6 Å². The Hall–Kier alpha value is -3.95. The van der Waals surface area contributed by atoms with Crippen molar-refractivity contribution in [3.05, 3.63) is 80.6 Å². The summed E-state index contributed by atoms with van der Waals surface area (Å²) >= 11 is 7.75. The van der Waals surface area contributed by atoms with Crippen LogP contribution >= 0.6 is 22.9 Å².